The smallest absolute Gasteiger partial charge is 0.238 e. The second kappa shape index (κ2) is 8.50. The summed E-state index contributed by atoms with van der Waals surface area (Å²) in [7, 11) is 1.53. The first kappa shape index (κ1) is 17.2. The first-order chi connectivity index (χ1) is 11.1. The zero-order valence-corrected chi connectivity index (χ0v) is 13.5. The van der Waals surface area contributed by atoms with Crippen molar-refractivity contribution in [3.05, 3.63) is 18.2 Å². The molecular weight excluding hydrogens is 298 g/mol. The maximum atomic E-state index is 12.0. The van der Waals surface area contributed by atoms with Crippen LogP contribution in [0.1, 0.15) is 19.8 Å². The lowest BCUT2D eigenvalue weighted by molar-refractivity contribution is -0.115. The van der Waals surface area contributed by atoms with E-state index in [0.29, 0.717) is 23.7 Å². The molecule has 1 saturated heterocycles. The van der Waals surface area contributed by atoms with Crippen molar-refractivity contribution in [2.75, 3.05) is 37.4 Å². The third kappa shape index (κ3) is 5.54. The van der Waals surface area contributed by atoms with Crippen LogP contribution in [0.4, 0.5) is 11.4 Å². The molecule has 1 aromatic rings. The number of methoxy groups -OCH3 is 1. The largest absolute Gasteiger partial charge is 0.495 e. The molecule has 0 radical (unpaired) electrons. The molecule has 2 amide bonds. The van der Waals surface area contributed by atoms with E-state index in [1.807, 2.05) is 0 Å². The van der Waals surface area contributed by atoms with Crippen molar-refractivity contribution in [3.63, 3.8) is 0 Å². The van der Waals surface area contributed by atoms with Gasteiger partial charge in [0.05, 0.1) is 25.4 Å². The predicted molar refractivity (Wildman–Crippen MR) is 87.8 cm³/mol. The van der Waals surface area contributed by atoms with Crippen molar-refractivity contribution in [2.45, 2.75) is 25.9 Å². The van der Waals surface area contributed by atoms with Crippen molar-refractivity contribution in [3.8, 4) is 5.75 Å². The highest BCUT2D eigenvalue weighted by molar-refractivity contribution is 5.95. The minimum atomic E-state index is -0.179. The maximum absolute atomic E-state index is 12.0. The molecule has 0 aliphatic carbocycles. The van der Waals surface area contributed by atoms with Crippen LogP contribution >= 0.6 is 0 Å². The highest BCUT2D eigenvalue weighted by atomic mass is 16.5. The molecule has 0 saturated carbocycles. The molecule has 3 N–H and O–H groups in total. The Bertz CT molecular complexity index is 556. The zero-order chi connectivity index (χ0) is 16.7. The topological polar surface area (TPSA) is 88.7 Å². The van der Waals surface area contributed by atoms with E-state index >= 15 is 0 Å². The summed E-state index contributed by atoms with van der Waals surface area (Å²) in [4.78, 5) is 23.1. The first-order valence-electron chi connectivity index (χ1n) is 7.66. The number of hydrogen-bond donors (Lipinski definition) is 3. The van der Waals surface area contributed by atoms with Gasteiger partial charge in [0, 0.05) is 25.8 Å². The van der Waals surface area contributed by atoms with Crippen LogP contribution in [0.25, 0.3) is 0 Å². The number of amides is 2. The van der Waals surface area contributed by atoms with Crippen LogP contribution in [0.15, 0.2) is 18.2 Å². The molecule has 7 heteroatoms. The van der Waals surface area contributed by atoms with Gasteiger partial charge in [-0.15, -0.1) is 0 Å². The molecule has 23 heavy (non-hydrogen) atoms. The van der Waals surface area contributed by atoms with Crippen LogP contribution in [0, 0.1) is 0 Å². The Hall–Kier alpha value is -2.12. The van der Waals surface area contributed by atoms with Crippen LogP contribution in [0.5, 0.6) is 5.75 Å². The lowest BCUT2D eigenvalue weighted by Gasteiger charge is -2.14. The minimum absolute atomic E-state index is 0.175. The molecule has 1 aliphatic heterocycles. The SMILES string of the molecule is COc1ccc(NC(C)=O)cc1NC(=O)CNCC1CCCO1. The van der Waals surface area contributed by atoms with Crippen molar-refractivity contribution < 1.29 is 19.1 Å². The molecule has 0 spiro atoms. The average Bonchev–Trinajstić information content (AvgIpc) is 3.00. The van der Waals surface area contributed by atoms with E-state index in [9.17, 15) is 9.59 Å². The van der Waals surface area contributed by atoms with Gasteiger partial charge in [-0.2, -0.15) is 0 Å². The molecular formula is C16H23N3O4. The lowest BCUT2D eigenvalue weighted by atomic mass is 10.2. The van der Waals surface area contributed by atoms with E-state index in [2.05, 4.69) is 16.0 Å². The van der Waals surface area contributed by atoms with Crippen LogP contribution in [-0.4, -0.2) is 44.7 Å². The molecule has 1 heterocycles. The fourth-order valence-corrected chi connectivity index (χ4v) is 2.43. The van der Waals surface area contributed by atoms with Crippen molar-refractivity contribution >= 4 is 23.2 Å². The second-order valence-electron chi connectivity index (χ2n) is 5.41. The van der Waals surface area contributed by atoms with Crippen LogP contribution in [0.2, 0.25) is 0 Å². The predicted octanol–water partition coefficient (Wildman–Crippen LogP) is 1.36. The summed E-state index contributed by atoms with van der Waals surface area (Å²) in [5.74, 6) is 0.179. The fraction of sp³-hybridized carbons (Fsp3) is 0.500. The number of anilines is 2. The summed E-state index contributed by atoms with van der Waals surface area (Å²) in [6, 6.07) is 5.07. The maximum Gasteiger partial charge on any atom is 0.238 e. The molecule has 7 nitrogen and oxygen atoms in total. The van der Waals surface area contributed by atoms with Crippen LogP contribution < -0.4 is 20.7 Å². The van der Waals surface area contributed by atoms with E-state index < -0.39 is 0 Å². The van der Waals surface area contributed by atoms with Gasteiger partial charge in [0.2, 0.25) is 11.8 Å². The van der Waals surface area contributed by atoms with E-state index in [4.69, 9.17) is 9.47 Å². The number of ether oxygens (including phenoxy) is 2. The van der Waals surface area contributed by atoms with Crippen molar-refractivity contribution in [2.24, 2.45) is 0 Å². The Morgan fingerprint density at radius 3 is 2.83 bits per heavy atom. The second-order valence-corrected chi connectivity index (χ2v) is 5.41. The Kier molecular flexibility index (Phi) is 6.37. The molecule has 0 bridgehead atoms. The van der Waals surface area contributed by atoms with Gasteiger partial charge < -0.3 is 25.4 Å². The molecule has 1 fully saturated rings. The summed E-state index contributed by atoms with van der Waals surface area (Å²) in [5.41, 5.74) is 1.11. The number of rotatable bonds is 7. The highest BCUT2D eigenvalue weighted by Gasteiger charge is 2.15. The average molecular weight is 321 g/mol. The van der Waals surface area contributed by atoms with Gasteiger partial charge >= 0.3 is 0 Å². The quantitative estimate of drug-likeness (QED) is 0.706. The van der Waals surface area contributed by atoms with Gasteiger partial charge in [-0.1, -0.05) is 0 Å². The van der Waals surface area contributed by atoms with Crippen molar-refractivity contribution in [1.82, 2.24) is 5.32 Å². The molecule has 1 atom stereocenters. The Morgan fingerprint density at radius 1 is 1.35 bits per heavy atom. The number of benzene rings is 1. The molecule has 126 valence electrons. The number of nitrogens with one attached hydrogen (secondary N) is 3. The highest BCUT2D eigenvalue weighted by Crippen LogP contribution is 2.27. The van der Waals surface area contributed by atoms with E-state index in [0.717, 1.165) is 19.4 Å². The lowest BCUT2D eigenvalue weighted by Crippen LogP contribution is -2.33. The van der Waals surface area contributed by atoms with E-state index in [1.165, 1.54) is 14.0 Å². The van der Waals surface area contributed by atoms with Crippen molar-refractivity contribution in [1.29, 1.82) is 0 Å². The van der Waals surface area contributed by atoms with E-state index in [-0.39, 0.29) is 24.5 Å². The third-order valence-electron chi connectivity index (χ3n) is 3.48. The number of carbonyl (C=O) groups is 2. The summed E-state index contributed by atoms with van der Waals surface area (Å²) < 4.78 is 10.7. The third-order valence-corrected chi connectivity index (χ3v) is 3.48. The number of hydrogen-bond acceptors (Lipinski definition) is 5. The van der Waals surface area contributed by atoms with Gasteiger partial charge in [-0.3, -0.25) is 9.59 Å². The van der Waals surface area contributed by atoms with Gasteiger partial charge in [-0.25, -0.2) is 0 Å². The summed E-state index contributed by atoms with van der Waals surface area (Å²) in [5, 5.41) is 8.54. The van der Waals surface area contributed by atoms with Gasteiger partial charge in [0.15, 0.2) is 0 Å². The first-order valence-corrected chi connectivity index (χ1v) is 7.66. The standard InChI is InChI=1S/C16H23N3O4/c1-11(20)18-12-5-6-15(22-2)14(8-12)19-16(21)10-17-9-13-4-3-7-23-13/h5-6,8,13,17H,3-4,7,9-10H2,1-2H3,(H,18,20)(H,19,21). The molecule has 2 rings (SSSR count). The molecule has 1 unspecified atom stereocenters. The summed E-state index contributed by atoms with van der Waals surface area (Å²) in [6.07, 6.45) is 2.30. The Labute approximate surface area is 135 Å². The minimum Gasteiger partial charge on any atom is -0.495 e. The Balaban J connectivity index is 1.88. The van der Waals surface area contributed by atoms with E-state index in [1.54, 1.807) is 18.2 Å². The van der Waals surface area contributed by atoms with Gasteiger partial charge in [0.1, 0.15) is 5.75 Å². The van der Waals surface area contributed by atoms with Gasteiger partial charge in [0.25, 0.3) is 0 Å². The summed E-state index contributed by atoms with van der Waals surface area (Å²) in [6.45, 7) is 3.08. The monoisotopic (exact) mass is 321 g/mol. The normalized spacial score (nSPS) is 16.9. The zero-order valence-electron chi connectivity index (χ0n) is 13.5. The Morgan fingerprint density at radius 2 is 2.17 bits per heavy atom. The molecule has 0 aromatic heterocycles. The summed E-state index contributed by atoms with van der Waals surface area (Å²) >= 11 is 0. The molecule has 1 aliphatic rings. The fourth-order valence-electron chi connectivity index (χ4n) is 2.43. The van der Waals surface area contributed by atoms with Crippen LogP contribution in [0.3, 0.4) is 0 Å². The van der Waals surface area contributed by atoms with Gasteiger partial charge in [-0.05, 0) is 31.0 Å². The molecule has 1 aromatic carbocycles. The van der Waals surface area contributed by atoms with Crippen LogP contribution in [-0.2, 0) is 14.3 Å². The number of carbonyl (C=O) groups excluding carboxylic acids is 2.